The van der Waals surface area contributed by atoms with Gasteiger partial charge >= 0.3 is 5.91 Å². The normalized spacial score (nSPS) is 10.4. The molecule has 0 saturated carbocycles. The molecule has 0 unspecified atom stereocenters. The average molecular weight is 391 g/mol. The van der Waals surface area contributed by atoms with E-state index in [0.717, 1.165) is 12.3 Å². The highest BCUT2D eigenvalue weighted by Crippen LogP contribution is 2.19. The van der Waals surface area contributed by atoms with Crippen LogP contribution in [0.3, 0.4) is 0 Å². The number of carbonyl (C=O) groups excluding carboxylic acids is 1. The molecule has 0 bridgehead atoms. The maximum absolute atomic E-state index is 12.1. The van der Waals surface area contributed by atoms with E-state index >= 15 is 0 Å². The SMILES string of the molecule is CCOc1ccc(OCc2ccc(C(=O)NNC(=S)NCC(C)C)o2)cc1. The first kappa shape index (κ1) is 20.6. The quantitative estimate of drug-likeness (QED) is 0.471. The zero-order valence-corrected chi connectivity index (χ0v) is 16.5. The van der Waals surface area contributed by atoms with Crippen LogP contribution in [0.4, 0.5) is 0 Å². The molecule has 2 aromatic rings. The van der Waals surface area contributed by atoms with E-state index in [1.807, 2.05) is 31.2 Å². The predicted molar refractivity (Wildman–Crippen MR) is 107 cm³/mol. The van der Waals surface area contributed by atoms with Crippen LogP contribution in [0.15, 0.2) is 40.8 Å². The summed E-state index contributed by atoms with van der Waals surface area (Å²) < 4.78 is 16.5. The number of furan rings is 1. The van der Waals surface area contributed by atoms with Crippen LogP contribution in [-0.4, -0.2) is 24.2 Å². The Morgan fingerprint density at radius 1 is 1.07 bits per heavy atom. The Labute approximate surface area is 164 Å². The molecule has 1 aromatic carbocycles. The van der Waals surface area contributed by atoms with Crippen LogP contribution in [0.5, 0.6) is 11.5 Å². The van der Waals surface area contributed by atoms with Gasteiger partial charge in [0, 0.05) is 6.54 Å². The molecule has 8 heteroatoms. The monoisotopic (exact) mass is 391 g/mol. The van der Waals surface area contributed by atoms with E-state index in [-0.39, 0.29) is 12.4 Å². The molecule has 0 atom stereocenters. The lowest BCUT2D eigenvalue weighted by Crippen LogP contribution is -2.47. The van der Waals surface area contributed by atoms with E-state index in [9.17, 15) is 4.79 Å². The lowest BCUT2D eigenvalue weighted by atomic mass is 10.2. The average Bonchev–Trinajstić information content (AvgIpc) is 3.13. The number of rotatable bonds is 8. The highest BCUT2D eigenvalue weighted by atomic mass is 32.1. The van der Waals surface area contributed by atoms with Crippen LogP contribution in [0.1, 0.15) is 37.1 Å². The van der Waals surface area contributed by atoms with Gasteiger partial charge in [-0.25, -0.2) is 0 Å². The third-order valence-corrected chi connectivity index (χ3v) is 3.61. The van der Waals surface area contributed by atoms with Gasteiger partial charge in [0.1, 0.15) is 23.9 Å². The number of nitrogens with one attached hydrogen (secondary N) is 3. The summed E-state index contributed by atoms with van der Waals surface area (Å²) in [6.07, 6.45) is 0. The van der Waals surface area contributed by atoms with Crippen molar-refractivity contribution >= 4 is 23.2 Å². The van der Waals surface area contributed by atoms with Crippen LogP contribution < -0.4 is 25.6 Å². The molecule has 0 aliphatic rings. The first-order chi connectivity index (χ1) is 13.0. The van der Waals surface area contributed by atoms with Crippen LogP contribution >= 0.6 is 12.2 Å². The second-order valence-corrected chi connectivity index (χ2v) is 6.55. The summed E-state index contributed by atoms with van der Waals surface area (Å²) in [6.45, 7) is 7.60. The van der Waals surface area contributed by atoms with E-state index < -0.39 is 5.91 Å². The molecule has 0 aliphatic carbocycles. The Morgan fingerprint density at radius 3 is 2.37 bits per heavy atom. The van der Waals surface area contributed by atoms with Crippen molar-refractivity contribution in [3.05, 3.63) is 47.9 Å². The molecule has 1 aromatic heterocycles. The van der Waals surface area contributed by atoms with Crippen molar-refractivity contribution < 1.29 is 18.7 Å². The number of hydrazine groups is 1. The van der Waals surface area contributed by atoms with Gasteiger partial charge in [-0.05, 0) is 61.5 Å². The third-order valence-electron chi connectivity index (χ3n) is 3.36. The van der Waals surface area contributed by atoms with Crippen LogP contribution in [0, 0.1) is 5.92 Å². The summed E-state index contributed by atoms with van der Waals surface area (Å²) in [7, 11) is 0. The molecule has 0 radical (unpaired) electrons. The van der Waals surface area contributed by atoms with E-state index in [1.54, 1.807) is 12.1 Å². The summed E-state index contributed by atoms with van der Waals surface area (Å²) in [5, 5.41) is 3.34. The fourth-order valence-corrected chi connectivity index (χ4v) is 2.18. The molecule has 0 saturated heterocycles. The molecule has 0 spiro atoms. The summed E-state index contributed by atoms with van der Waals surface area (Å²) in [5.41, 5.74) is 5.12. The van der Waals surface area contributed by atoms with Gasteiger partial charge in [0.05, 0.1) is 6.61 Å². The molecule has 0 fully saturated rings. The Balaban J connectivity index is 1.78. The highest BCUT2D eigenvalue weighted by Gasteiger charge is 2.12. The molecule has 1 heterocycles. The van der Waals surface area contributed by atoms with Gasteiger partial charge in [0.15, 0.2) is 10.9 Å². The smallest absolute Gasteiger partial charge is 0.305 e. The number of amides is 1. The molecule has 7 nitrogen and oxygen atoms in total. The predicted octanol–water partition coefficient (Wildman–Crippen LogP) is 3.02. The van der Waals surface area contributed by atoms with Gasteiger partial charge in [-0.3, -0.25) is 15.6 Å². The van der Waals surface area contributed by atoms with Gasteiger partial charge in [0.25, 0.3) is 0 Å². The van der Waals surface area contributed by atoms with Crippen molar-refractivity contribution in [2.45, 2.75) is 27.4 Å². The fraction of sp³-hybridized carbons (Fsp3) is 0.368. The topological polar surface area (TPSA) is 84.8 Å². The lowest BCUT2D eigenvalue weighted by molar-refractivity contribution is 0.0911. The first-order valence-corrected chi connectivity index (χ1v) is 9.17. The molecule has 146 valence electrons. The molecular formula is C19H25N3O4S. The molecule has 1 amide bonds. The van der Waals surface area contributed by atoms with Gasteiger partial charge in [-0.2, -0.15) is 0 Å². The summed E-state index contributed by atoms with van der Waals surface area (Å²) in [4.78, 5) is 12.1. The summed E-state index contributed by atoms with van der Waals surface area (Å²) in [5.74, 6) is 2.20. The second kappa shape index (κ2) is 10.4. The Bertz CT molecular complexity index is 744. The number of ether oxygens (including phenoxy) is 2. The van der Waals surface area contributed by atoms with Crippen LogP contribution in [-0.2, 0) is 6.61 Å². The Morgan fingerprint density at radius 2 is 1.74 bits per heavy atom. The van der Waals surface area contributed by atoms with Crippen molar-refractivity contribution in [2.24, 2.45) is 5.92 Å². The van der Waals surface area contributed by atoms with E-state index in [2.05, 4.69) is 30.0 Å². The van der Waals surface area contributed by atoms with Crippen LogP contribution in [0.2, 0.25) is 0 Å². The Kier molecular flexibility index (Phi) is 7.94. The number of hydrogen-bond donors (Lipinski definition) is 3. The number of hydrogen-bond acceptors (Lipinski definition) is 5. The minimum absolute atomic E-state index is 0.166. The molecule has 27 heavy (non-hydrogen) atoms. The first-order valence-electron chi connectivity index (χ1n) is 8.76. The highest BCUT2D eigenvalue weighted by molar-refractivity contribution is 7.80. The fourth-order valence-electron chi connectivity index (χ4n) is 2.05. The number of carbonyl (C=O) groups is 1. The maximum Gasteiger partial charge on any atom is 0.305 e. The van der Waals surface area contributed by atoms with Crippen molar-refractivity contribution in [2.75, 3.05) is 13.2 Å². The zero-order chi connectivity index (χ0) is 19.6. The van der Waals surface area contributed by atoms with Gasteiger partial charge < -0.3 is 19.2 Å². The standard InChI is InChI=1S/C19H25N3O4S/c1-4-24-14-5-7-15(8-6-14)25-12-16-9-10-17(26-16)18(23)21-22-19(27)20-11-13(2)3/h5-10,13H,4,11-12H2,1-3H3,(H,21,23)(H2,20,22,27). The van der Waals surface area contributed by atoms with E-state index in [4.69, 9.17) is 26.1 Å². The largest absolute Gasteiger partial charge is 0.494 e. The summed E-state index contributed by atoms with van der Waals surface area (Å²) >= 11 is 5.07. The third kappa shape index (κ3) is 7.18. The number of thiocarbonyl (C=S) groups is 1. The van der Waals surface area contributed by atoms with Crippen molar-refractivity contribution in [1.82, 2.24) is 16.2 Å². The van der Waals surface area contributed by atoms with Gasteiger partial charge in [0.2, 0.25) is 0 Å². The molecule has 0 aliphatic heterocycles. The maximum atomic E-state index is 12.1. The number of benzene rings is 1. The summed E-state index contributed by atoms with van der Waals surface area (Å²) in [6, 6.07) is 10.6. The van der Waals surface area contributed by atoms with Crippen molar-refractivity contribution in [3.8, 4) is 11.5 Å². The second-order valence-electron chi connectivity index (χ2n) is 6.14. The minimum Gasteiger partial charge on any atom is -0.494 e. The van der Waals surface area contributed by atoms with E-state index in [0.29, 0.717) is 29.1 Å². The van der Waals surface area contributed by atoms with Gasteiger partial charge in [-0.15, -0.1) is 0 Å². The van der Waals surface area contributed by atoms with Crippen molar-refractivity contribution in [3.63, 3.8) is 0 Å². The molecule has 3 N–H and O–H groups in total. The molecule has 2 rings (SSSR count). The van der Waals surface area contributed by atoms with Crippen molar-refractivity contribution in [1.29, 1.82) is 0 Å². The van der Waals surface area contributed by atoms with Gasteiger partial charge in [-0.1, -0.05) is 13.8 Å². The zero-order valence-electron chi connectivity index (χ0n) is 15.7. The van der Waals surface area contributed by atoms with Crippen LogP contribution in [0.25, 0.3) is 0 Å². The minimum atomic E-state index is -0.420. The van der Waals surface area contributed by atoms with E-state index in [1.165, 1.54) is 0 Å². The Hall–Kier alpha value is -2.74. The lowest BCUT2D eigenvalue weighted by Gasteiger charge is -2.12. The molecular weight excluding hydrogens is 366 g/mol.